The van der Waals surface area contributed by atoms with Crippen molar-refractivity contribution in [2.75, 3.05) is 18.7 Å². The van der Waals surface area contributed by atoms with Crippen molar-refractivity contribution >= 4 is 11.7 Å². The van der Waals surface area contributed by atoms with Gasteiger partial charge in [-0.3, -0.25) is 0 Å². The van der Waals surface area contributed by atoms with Crippen molar-refractivity contribution in [3.63, 3.8) is 0 Å². The minimum absolute atomic E-state index is 0.206. The fourth-order valence-electron chi connectivity index (χ4n) is 2.60. The zero-order chi connectivity index (χ0) is 14.3. The molecule has 1 atom stereocenters. The van der Waals surface area contributed by atoms with Gasteiger partial charge in [-0.1, -0.05) is 0 Å². The van der Waals surface area contributed by atoms with Crippen LogP contribution in [0.1, 0.15) is 20.3 Å². The van der Waals surface area contributed by atoms with Gasteiger partial charge in [-0.25, -0.2) is 4.79 Å². The maximum atomic E-state index is 12.3. The van der Waals surface area contributed by atoms with Gasteiger partial charge in [-0.05, 0) is 32.4 Å². The number of nitrogens with one attached hydrogen (secondary N) is 1. The van der Waals surface area contributed by atoms with E-state index in [-0.39, 0.29) is 12.8 Å². The van der Waals surface area contributed by atoms with E-state index in [2.05, 4.69) is 5.32 Å². The highest BCUT2D eigenvalue weighted by atomic mass is 16.7. The fourth-order valence-corrected chi connectivity index (χ4v) is 2.60. The molecule has 108 valence electrons. The van der Waals surface area contributed by atoms with Gasteiger partial charge in [0.25, 0.3) is 0 Å². The van der Waals surface area contributed by atoms with E-state index in [0.29, 0.717) is 30.2 Å². The first-order valence-electron chi connectivity index (χ1n) is 6.65. The number of fused-ring (bicyclic) bond motifs is 1. The van der Waals surface area contributed by atoms with Crippen molar-refractivity contribution in [1.82, 2.24) is 4.90 Å². The van der Waals surface area contributed by atoms with Crippen LogP contribution in [-0.2, 0) is 0 Å². The summed E-state index contributed by atoms with van der Waals surface area (Å²) < 4.78 is 10.5. The van der Waals surface area contributed by atoms with E-state index in [1.54, 1.807) is 23.1 Å². The number of amides is 2. The number of hydrogen-bond acceptors (Lipinski definition) is 4. The van der Waals surface area contributed by atoms with Gasteiger partial charge in [-0.2, -0.15) is 0 Å². The van der Waals surface area contributed by atoms with Crippen molar-refractivity contribution in [3.8, 4) is 11.5 Å². The standard InChI is InChI=1S/C14H18N2O4/c1-14(2)12(17)5-6-16(14)13(18)15-9-3-4-10-11(7-9)20-8-19-10/h3-4,7,12,17H,5-6,8H2,1-2H3,(H,15,18). The topological polar surface area (TPSA) is 71.0 Å². The number of rotatable bonds is 1. The highest BCUT2D eigenvalue weighted by Gasteiger charge is 2.42. The molecule has 6 nitrogen and oxygen atoms in total. The van der Waals surface area contributed by atoms with E-state index < -0.39 is 11.6 Å². The van der Waals surface area contributed by atoms with Crippen LogP contribution in [0.25, 0.3) is 0 Å². The molecular formula is C14H18N2O4. The average Bonchev–Trinajstić information content (AvgIpc) is 2.94. The normalized spacial score (nSPS) is 22.9. The molecule has 20 heavy (non-hydrogen) atoms. The first kappa shape index (κ1) is 13.1. The predicted octanol–water partition coefficient (Wildman–Crippen LogP) is 1.79. The summed E-state index contributed by atoms with van der Waals surface area (Å²) >= 11 is 0. The van der Waals surface area contributed by atoms with Crippen molar-refractivity contribution in [1.29, 1.82) is 0 Å². The molecule has 6 heteroatoms. The fraction of sp³-hybridized carbons (Fsp3) is 0.500. The smallest absolute Gasteiger partial charge is 0.322 e. The van der Waals surface area contributed by atoms with E-state index >= 15 is 0 Å². The van der Waals surface area contributed by atoms with Crippen LogP contribution in [0.15, 0.2) is 18.2 Å². The predicted molar refractivity (Wildman–Crippen MR) is 73.0 cm³/mol. The molecule has 1 aromatic carbocycles. The minimum Gasteiger partial charge on any atom is -0.454 e. The summed E-state index contributed by atoms with van der Waals surface area (Å²) in [5.41, 5.74) is 0.0943. The van der Waals surface area contributed by atoms with Crippen LogP contribution in [-0.4, -0.2) is 41.0 Å². The SMILES string of the molecule is CC1(C)C(O)CCN1C(=O)Nc1ccc2c(c1)OCO2. The Hall–Kier alpha value is -1.95. The van der Waals surface area contributed by atoms with Crippen molar-refractivity contribution in [2.24, 2.45) is 0 Å². The molecule has 2 aliphatic rings. The van der Waals surface area contributed by atoms with Crippen LogP contribution in [0, 0.1) is 0 Å². The lowest BCUT2D eigenvalue weighted by molar-refractivity contribution is 0.0733. The van der Waals surface area contributed by atoms with E-state index in [9.17, 15) is 9.90 Å². The van der Waals surface area contributed by atoms with Crippen LogP contribution in [0.5, 0.6) is 11.5 Å². The number of carbonyl (C=O) groups excluding carboxylic acids is 1. The zero-order valence-corrected chi connectivity index (χ0v) is 11.5. The van der Waals surface area contributed by atoms with E-state index in [1.807, 2.05) is 13.8 Å². The van der Waals surface area contributed by atoms with Crippen molar-refractivity contribution < 1.29 is 19.4 Å². The Kier molecular flexibility index (Phi) is 2.97. The number of nitrogens with zero attached hydrogens (tertiary/aromatic N) is 1. The Morgan fingerprint density at radius 1 is 1.40 bits per heavy atom. The Labute approximate surface area is 117 Å². The Morgan fingerprint density at radius 2 is 2.15 bits per heavy atom. The number of ether oxygens (including phenoxy) is 2. The molecule has 0 saturated carbocycles. The summed E-state index contributed by atoms with van der Waals surface area (Å²) in [7, 11) is 0. The summed E-state index contributed by atoms with van der Waals surface area (Å²) in [6.07, 6.45) is 0.103. The van der Waals surface area contributed by atoms with Crippen LogP contribution < -0.4 is 14.8 Å². The van der Waals surface area contributed by atoms with Crippen LogP contribution >= 0.6 is 0 Å². The summed E-state index contributed by atoms with van der Waals surface area (Å²) in [6, 6.07) is 5.05. The van der Waals surface area contributed by atoms with Crippen molar-refractivity contribution in [2.45, 2.75) is 31.9 Å². The summed E-state index contributed by atoms with van der Waals surface area (Å²) in [4.78, 5) is 14.0. The second-order valence-electron chi connectivity index (χ2n) is 5.61. The molecule has 0 spiro atoms. The number of aliphatic hydroxyl groups is 1. The molecule has 0 aliphatic carbocycles. The van der Waals surface area contributed by atoms with E-state index in [4.69, 9.17) is 9.47 Å². The van der Waals surface area contributed by atoms with Gasteiger partial charge >= 0.3 is 6.03 Å². The Balaban J connectivity index is 1.73. The number of urea groups is 1. The second kappa shape index (κ2) is 4.56. The summed E-state index contributed by atoms with van der Waals surface area (Å²) in [5, 5.41) is 12.7. The largest absolute Gasteiger partial charge is 0.454 e. The summed E-state index contributed by atoms with van der Waals surface area (Å²) in [6.45, 7) is 4.48. The lowest BCUT2D eigenvalue weighted by atomic mass is 9.99. The molecule has 2 heterocycles. The highest BCUT2D eigenvalue weighted by molar-refractivity contribution is 5.90. The number of carbonyl (C=O) groups is 1. The van der Waals surface area contributed by atoms with Gasteiger partial charge in [0.1, 0.15) is 0 Å². The molecule has 1 unspecified atom stereocenters. The van der Waals surface area contributed by atoms with E-state index in [1.165, 1.54) is 0 Å². The lowest BCUT2D eigenvalue weighted by Gasteiger charge is -2.33. The molecule has 0 radical (unpaired) electrons. The maximum absolute atomic E-state index is 12.3. The van der Waals surface area contributed by atoms with Crippen molar-refractivity contribution in [3.05, 3.63) is 18.2 Å². The number of hydrogen-bond donors (Lipinski definition) is 2. The van der Waals surface area contributed by atoms with Gasteiger partial charge in [-0.15, -0.1) is 0 Å². The van der Waals surface area contributed by atoms with Gasteiger partial charge in [0.05, 0.1) is 11.6 Å². The van der Waals surface area contributed by atoms with Crippen LogP contribution in [0.2, 0.25) is 0 Å². The lowest BCUT2D eigenvalue weighted by Crippen LogP contribution is -2.49. The first-order valence-corrected chi connectivity index (χ1v) is 6.65. The third kappa shape index (κ3) is 2.06. The molecule has 2 aliphatic heterocycles. The zero-order valence-electron chi connectivity index (χ0n) is 11.5. The third-order valence-corrected chi connectivity index (χ3v) is 4.01. The molecule has 1 fully saturated rings. The molecule has 3 rings (SSSR count). The molecule has 1 aromatic rings. The molecule has 1 saturated heterocycles. The van der Waals surface area contributed by atoms with Crippen LogP contribution in [0.4, 0.5) is 10.5 Å². The second-order valence-corrected chi connectivity index (χ2v) is 5.61. The third-order valence-electron chi connectivity index (χ3n) is 4.01. The molecule has 0 bridgehead atoms. The quantitative estimate of drug-likeness (QED) is 0.821. The molecule has 0 aromatic heterocycles. The number of likely N-dealkylation sites (tertiary alicyclic amines) is 1. The average molecular weight is 278 g/mol. The van der Waals surface area contributed by atoms with E-state index in [0.717, 1.165) is 0 Å². The maximum Gasteiger partial charge on any atom is 0.322 e. The number of anilines is 1. The molecular weight excluding hydrogens is 260 g/mol. The highest BCUT2D eigenvalue weighted by Crippen LogP contribution is 2.35. The number of benzene rings is 1. The first-order chi connectivity index (χ1) is 9.48. The molecule has 2 amide bonds. The monoisotopic (exact) mass is 278 g/mol. The Bertz CT molecular complexity index is 544. The van der Waals surface area contributed by atoms with Gasteiger partial charge in [0, 0.05) is 18.3 Å². The Morgan fingerprint density at radius 3 is 2.85 bits per heavy atom. The summed E-state index contributed by atoms with van der Waals surface area (Å²) in [5.74, 6) is 1.31. The van der Waals surface area contributed by atoms with Gasteiger partial charge in [0.15, 0.2) is 11.5 Å². The van der Waals surface area contributed by atoms with Gasteiger partial charge in [0.2, 0.25) is 6.79 Å². The minimum atomic E-state index is -0.555. The van der Waals surface area contributed by atoms with Crippen LogP contribution in [0.3, 0.4) is 0 Å². The molecule has 2 N–H and O–H groups in total. The van der Waals surface area contributed by atoms with Gasteiger partial charge < -0.3 is 24.8 Å². The number of aliphatic hydroxyl groups excluding tert-OH is 1.